The van der Waals surface area contributed by atoms with Crippen LogP contribution in [-0.4, -0.2) is 20.6 Å². The first-order valence-corrected chi connectivity index (χ1v) is 12.2. The van der Waals surface area contributed by atoms with Crippen LogP contribution in [0.1, 0.15) is 29.2 Å². The third kappa shape index (κ3) is 5.57. The standard InChI is InChI=1S/C16H16N.C7H8N.CH3.Al/c1-3-16-13(2)8-7-9-14(16)12-17-15-10-5-4-6-11-15;1-6-3-2-4-7(8)5-6;;/h4-12H,2-3H2,1H3;2-5,8H,1H3;1H3;/q;-1;;+1. The molecule has 0 unspecified atom stereocenters. The van der Waals surface area contributed by atoms with Gasteiger partial charge in [0, 0.05) is 11.9 Å². The maximum Gasteiger partial charge on any atom is 0.412 e. The van der Waals surface area contributed by atoms with E-state index in [0.717, 1.165) is 17.4 Å². The summed E-state index contributed by atoms with van der Waals surface area (Å²) in [6, 6.07) is 25.4. The van der Waals surface area contributed by atoms with E-state index < -0.39 is 14.4 Å². The lowest BCUT2D eigenvalue weighted by molar-refractivity contribution is 1.09. The molecule has 27 heavy (non-hydrogen) atoms. The predicted octanol–water partition coefficient (Wildman–Crippen LogP) is 6.12. The summed E-state index contributed by atoms with van der Waals surface area (Å²) in [5.41, 5.74) is 7.64. The van der Waals surface area contributed by atoms with Crippen LogP contribution in [-0.2, 0) is 11.7 Å². The van der Waals surface area contributed by atoms with E-state index in [2.05, 4.69) is 71.4 Å². The van der Waals surface area contributed by atoms with Crippen molar-refractivity contribution in [1.29, 1.82) is 0 Å². The molecule has 0 aliphatic rings. The number of hydrogen-bond acceptors (Lipinski definition) is 2. The minimum absolute atomic E-state index is 0.994. The second kappa shape index (κ2) is 9.56. The summed E-state index contributed by atoms with van der Waals surface area (Å²) >= 11 is -1.11. The van der Waals surface area contributed by atoms with Crippen LogP contribution in [0.3, 0.4) is 0 Å². The number of nitrogens with zero attached hydrogens (tertiary/aromatic N) is 1. The molecular weight excluding hydrogens is 343 g/mol. The molecule has 0 bridgehead atoms. The Labute approximate surface area is 167 Å². The molecule has 3 heteroatoms. The molecule has 0 radical (unpaired) electrons. The quantitative estimate of drug-likeness (QED) is 0.393. The summed E-state index contributed by atoms with van der Waals surface area (Å²) in [4.78, 5) is 4.65. The average Bonchev–Trinajstić information content (AvgIpc) is 2.67. The van der Waals surface area contributed by atoms with E-state index >= 15 is 0 Å². The number of rotatable bonds is 7. The molecule has 0 aromatic heterocycles. The minimum atomic E-state index is -1.11. The lowest BCUT2D eigenvalue weighted by Crippen LogP contribution is -2.24. The van der Waals surface area contributed by atoms with Gasteiger partial charge in [-0.05, 0) is 59.6 Å². The normalized spacial score (nSPS) is 10.9. The van der Waals surface area contributed by atoms with Crippen LogP contribution in [0.25, 0.3) is 0 Å². The van der Waals surface area contributed by atoms with Gasteiger partial charge in [0.25, 0.3) is 0 Å². The summed E-state index contributed by atoms with van der Waals surface area (Å²) in [6.07, 6.45) is 3.04. The van der Waals surface area contributed by atoms with Gasteiger partial charge in [0.1, 0.15) is 0 Å². The monoisotopic (exact) mass is 370 g/mol. The molecule has 0 spiro atoms. The third-order valence-corrected chi connectivity index (χ3v) is 6.61. The number of hydrogen-bond donors (Lipinski definition) is 1. The number of nitrogens with one attached hydrogen (secondary N) is 1. The summed E-state index contributed by atoms with van der Waals surface area (Å²) in [5, 5.41) is 1.13. The van der Waals surface area contributed by atoms with E-state index in [1.807, 2.05) is 36.5 Å². The van der Waals surface area contributed by atoms with Gasteiger partial charge < -0.3 is 4.30 Å². The smallest absolute Gasteiger partial charge is 0.412 e. The third-order valence-electron chi connectivity index (χ3n) is 4.73. The van der Waals surface area contributed by atoms with Crippen molar-refractivity contribution < 1.29 is 0 Å². The molecular formula is C24H27AlN2. The van der Waals surface area contributed by atoms with Gasteiger partial charge in [0.15, 0.2) is 0 Å². The first-order valence-electron chi connectivity index (χ1n) is 9.69. The van der Waals surface area contributed by atoms with E-state index in [-0.39, 0.29) is 0 Å². The van der Waals surface area contributed by atoms with E-state index in [4.69, 9.17) is 0 Å². The molecule has 0 aliphatic carbocycles. The van der Waals surface area contributed by atoms with Gasteiger partial charge in [0.2, 0.25) is 0 Å². The van der Waals surface area contributed by atoms with Crippen molar-refractivity contribution in [3.63, 3.8) is 0 Å². The zero-order valence-electron chi connectivity index (χ0n) is 16.4. The Morgan fingerprint density at radius 3 is 2.48 bits per heavy atom. The number of benzene rings is 3. The van der Waals surface area contributed by atoms with Crippen LogP contribution in [0.4, 0.5) is 11.4 Å². The molecule has 1 N–H and O–H groups in total. The van der Waals surface area contributed by atoms with Crippen LogP contribution >= 0.6 is 0 Å². The lowest BCUT2D eigenvalue weighted by Gasteiger charge is -2.15. The predicted molar refractivity (Wildman–Crippen MR) is 120 cm³/mol. The van der Waals surface area contributed by atoms with Crippen LogP contribution in [0.15, 0.2) is 77.8 Å². The molecule has 0 atom stereocenters. The summed E-state index contributed by atoms with van der Waals surface area (Å²) < 4.78 is 3.77. The second-order valence-electron chi connectivity index (χ2n) is 7.05. The Kier molecular flexibility index (Phi) is 6.87. The number of para-hydroxylation sites is 1. The summed E-state index contributed by atoms with van der Waals surface area (Å²) in [5.74, 6) is 2.38. The van der Waals surface area contributed by atoms with Crippen molar-refractivity contribution in [1.82, 2.24) is 0 Å². The van der Waals surface area contributed by atoms with Crippen molar-refractivity contribution in [2.75, 3.05) is 4.30 Å². The fourth-order valence-corrected chi connectivity index (χ4v) is 5.35. The summed E-state index contributed by atoms with van der Waals surface area (Å²) in [7, 11) is 0. The molecule has 0 amide bonds. The van der Waals surface area contributed by atoms with Crippen molar-refractivity contribution in [3.8, 4) is 0 Å². The minimum Gasteiger partial charge on any atom is -0.476 e. The van der Waals surface area contributed by atoms with Crippen molar-refractivity contribution in [2.45, 2.75) is 31.3 Å². The molecule has 0 saturated heterocycles. The first-order chi connectivity index (χ1) is 13.2. The first kappa shape index (κ1) is 19.4. The van der Waals surface area contributed by atoms with Gasteiger partial charge in [-0.2, -0.15) is 0 Å². The van der Waals surface area contributed by atoms with E-state index in [9.17, 15) is 0 Å². The Morgan fingerprint density at radius 1 is 0.963 bits per heavy atom. The number of aliphatic imine (C=N–C) groups is 1. The van der Waals surface area contributed by atoms with E-state index in [1.54, 1.807) is 0 Å². The zero-order chi connectivity index (χ0) is 19.1. The van der Waals surface area contributed by atoms with E-state index in [0.29, 0.717) is 0 Å². The molecule has 3 rings (SSSR count). The molecule has 3 aromatic carbocycles. The molecule has 0 heterocycles. The lowest BCUT2D eigenvalue weighted by atomic mass is 10.0. The number of aryl methyl sites for hydroxylation is 1. The number of anilines is 1. The van der Waals surface area contributed by atoms with Crippen molar-refractivity contribution >= 4 is 32.0 Å². The molecule has 0 saturated carbocycles. The largest absolute Gasteiger partial charge is 0.476 e. The van der Waals surface area contributed by atoms with Crippen molar-refractivity contribution in [2.24, 2.45) is 4.99 Å². The highest BCUT2D eigenvalue weighted by Gasteiger charge is 2.16. The van der Waals surface area contributed by atoms with Gasteiger partial charge in [-0.25, -0.2) is 0 Å². The fourth-order valence-electron chi connectivity index (χ4n) is 3.46. The Hall–Kier alpha value is -2.34. The molecule has 2 nitrogen and oxygen atoms in total. The van der Waals surface area contributed by atoms with E-state index in [1.165, 1.54) is 27.9 Å². The van der Waals surface area contributed by atoms with Gasteiger partial charge in [-0.15, -0.1) is 0 Å². The van der Waals surface area contributed by atoms with Crippen LogP contribution in [0.5, 0.6) is 0 Å². The Bertz CT molecular complexity index is 903. The highest BCUT2D eigenvalue weighted by Crippen LogP contribution is 2.19. The highest BCUT2D eigenvalue weighted by atomic mass is 27.2. The second-order valence-corrected chi connectivity index (χ2v) is 9.55. The highest BCUT2D eigenvalue weighted by molar-refractivity contribution is 6.60. The van der Waals surface area contributed by atoms with Crippen LogP contribution in [0.2, 0.25) is 5.79 Å². The maximum absolute atomic E-state index is 4.65. The Balaban J connectivity index is 1.76. The van der Waals surface area contributed by atoms with Crippen molar-refractivity contribution in [3.05, 3.63) is 95.1 Å². The van der Waals surface area contributed by atoms with Gasteiger partial charge in [-0.3, -0.25) is 4.99 Å². The zero-order valence-corrected chi connectivity index (χ0v) is 17.6. The molecule has 0 aliphatic heterocycles. The van der Waals surface area contributed by atoms with Gasteiger partial charge in [0.05, 0.1) is 5.69 Å². The van der Waals surface area contributed by atoms with Gasteiger partial charge in [-0.1, -0.05) is 66.8 Å². The fraction of sp³-hybridized carbons (Fsp3) is 0.208. The molecule has 0 fully saturated rings. The topological polar surface area (TPSA) is 24.4 Å². The van der Waals surface area contributed by atoms with Crippen LogP contribution < -0.4 is 4.30 Å². The Morgan fingerprint density at radius 2 is 1.74 bits per heavy atom. The maximum atomic E-state index is 4.65. The molecule has 136 valence electrons. The van der Waals surface area contributed by atoms with Crippen LogP contribution in [0, 0.1) is 6.92 Å². The SMILES string of the molecule is CCc1c(C=Nc2ccccc2)cccc1[CH2][Al]([CH3])[NH]c1cccc(C)c1. The molecule has 3 aromatic rings. The summed E-state index contributed by atoms with van der Waals surface area (Å²) in [6.45, 7) is 4.38. The van der Waals surface area contributed by atoms with Gasteiger partial charge >= 0.3 is 14.4 Å². The average molecular weight is 370 g/mol.